The third kappa shape index (κ3) is 6.79. The van der Waals surface area contributed by atoms with Crippen molar-refractivity contribution in [2.24, 2.45) is 0 Å². The Hall–Kier alpha value is -2.90. The van der Waals surface area contributed by atoms with Gasteiger partial charge in [-0.15, -0.1) is 0 Å². The number of hydrogen-bond acceptors (Lipinski definition) is 5. The molecule has 0 saturated heterocycles. The Balaban J connectivity index is 2.73. The average Bonchev–Trinajstić information content (AvgIpc) is 2.70. The van der Waals surface area contributed by atoms with Crippen LogP contribution in [0.25, 0.3) is 17.2 Å². The van der Waals surface area contributed by atoms with Crippen molar-refractivity contribution >= 4 is 17.8 Å². The fraction of sp³-hybridized carbons (Fsp3) is 0.423. The van der Waals surface area contributed by atoms with Gasteiger partial charge in [-0.2, -0.15) is 0 Å². The first-order valence-corrected chi connectivity index (χ1v) is 11.0. The largest absolute Gasteiger partial charge is 0.481 e. The van der Waals surface area contributed by atoms with Gasteiger partial charge in [-0.1, -0.05) is 52.0 Å². The molecule has 0 amide bonds. The zero-order chi connectivity index (χ0) is 24.9. The lowest BCUT2D eigenvalue weighted by molar-refractivity contribution is -0.139. The Morgan fingerprint density at radius 2 is 1.61 bits per heavy atom. The number of carboxylic acids is 1. The minimum atomic E-state index is -1.20. The third-order valence-corrected chi connectivity index (χ3v) is 5.28. The van der Waals surface area contributed by atoms with Crippen molar-refractivity contribution in [1.29, 1.82) is 0 Å². The number of aromatic nitrogens is 1. The van der Waals surface area contributed by atoms with E-state index in [0.29, 0.717) is 27.9 Å². The summed E-state index contributed by atoms with van der Waals surface area (Å²) < 4.78 is 13.7. The van der Waals surface area contributed by atoms with Crippen LogP contribution in [0.1, 0.15) is 86.6 Å². The maximum Gasteiger partial charge on any atom is 0.305 e. The van der Waals surface area contributed by atoms with Gasteiger partial charge in [0, 0.05) is 23.1 Å². The predicted molar refractivity (Wildman–Crippen MR) is 126 cm³/mol. The smallest absolute Gasteiger partial charge is 0.305 e. The van der Waals surface area contributed by atoms with Crippen LogP contribution in [-0.2, 0) is 4.79 Å². The molecule has 3 N–H and O–H groups in total. The molecule has 1 aromatic carbocycles. The van der Waals surface area contributed by atoms with Gasteiger partial charge in [0.25, 0.3) is 0 Å². The van der Waals surface area contributed by atoms with Crippen LogP contribution in [0.3, 0.4) is 0 Å². The van der Waals surface area contributed by atoms with Crippen LogP contribution in [0, 0.1) is 5.82 Å². The number of pyridine rings is 1. The van der Waals surface area contributed by atoms with E-state index in [4.69, 9.17) is 10.1 Å². The van der Waals surface area contributed by atoms with Gasteiger partial charge in [0.05, 0.1) is 30.0 Å². The SMILES string of the molecule is CC(=O)c1c(C(C)C)nc(C(C)C)c(/C=C/C(O)CC(O)CC(=O)O)c1-c1ccc(F)cc1. The number of benzene rings is 1. The molecule has 0 fully saturated rings. The summed E-state index contributed by atoms with van der Waals surface area (Å²) in [5, 5.41) is 29.0. The second-order valence-electron chi connectivity index (χ2n) is 8.83. The highest BCUT2D eigenvalue weighted by atomic mass is 19.1. The van der Waals surface area contributed by atoms with Crippen LogP contribution in [0.15, 0.2) is 30.3 Å². The van der Waals surface area contributed by atoms with Crippen molar-refractivity contribution in [3.05, 3.63) is 58.7 Å². The first kappa shape index (κ1) is 26.4. The van der Waals surface area contributed by atoms with Crippen molar-refractivity contribution in [1.82, 2.24) is 4.98 Å². The Kier molecular flexibility index (Phi) is 9.02. The van der Waals surface area contributed by atoms with Crippen LogP contribution >= 0.6 is 0 Å². The number of aliphatic hydroxyl groups is 2. The number of rotatable bonds is 10. The maximum atomic E-state index is 13.7. The molecule has 6 nitrogen and oxygen atoms in total. The average molecular weight is 458 g/mol. The van der Waals surface area contributed by atoms with Crippen molar-refractivity contribution in [3.63, 3.8) is 0 Å². The van der Waals surface area contributed by atoms with Crippen molar-refractivity contribution < 1.29 is 29.3 Å². The Morgan fingerprint density at radius 3 is 2.09 bits per heavy atom. The van der Waals surface area contributed by atoms with E-state index in [2.05, 4.69) is 0 Å². The molecule has 2 atom stereocenters. The summed E-state index contributed by atoms with van der Waals surface area (Å²) in [4.78, 5) is 28.4. The van der Waals surface area contributed by atoms with Gasteiger partial charge in [-0.3, -0.25) is 14.6 Å². The second kappa shape index (κ2) is 11.3. The summed E-state index contributed by atoms with van der Waals surface area (Å²) in [5.74, 6) is -1.77. The van der Waals surface area contributed by atoms with Crippen LogP contribution < -0.4 is 0 Å². The third-order valence-electron chi connectivity index (χ3n) is 5.28. The molecule has 2 aromatic rings. The molecule has 0 saturated carbocycles. The minimum absolute atomic E-state index is 0.0166. The molecule has 0 aliphatic rings. The van der Waals surface area contributed by atoms with Gasteiger partial charge < -0.3 is 15.3 Å². The summed E-state index contributed by atoms with van der Waals surface area (Å²) in [6.45, 7) is 9.32. The number of aliphatic hydroxyl groups excluding tert-OH is 2. The molecule has 2 rings (SSSR count). The number of carboxylic acid groups (broad SMARTS) is 1. The van der Waals surface area contributed by atoms with Crippen molar-refractivity contribution in [2.75, 3.05) is 0 Å². The number of aliphatic carboxylic acids is 1. The first-order valence-electron chi connectivity index (χ1n) is 11.0. The standard InChI is InChI=1S/C26H32FNO5/c1-14(2)25-21(11-10-19(30)12-20(31)13-22(32)33)24(17-6-8-18(27)9-7-17)23(16(5)29)26(28-25)15(3)4/h6-11,14-15,19-20,30-31H,12-13H2,1-5H3,(H,32,33)/b11-10+. The van der Waals surface area contributed by atoms with Crippen molar-refractivity contribution in [2.45, 2.75) is 71.5 Å². The zero-order valence-electron chi connectivity index (χ0n) is 19.7. The quantitative estimate of drug-likeness (QED) is 0.436. The lowest BCUT2D eigenvalue weighted by Gasteiger charge is -2.22. The van der Waals surface area contributed by atoms with Gasteiger partial charge in [0.1, 0.15) is 5.82 Å². The second-order valence-corrected chi connectivity index (χ2v) is 8.83. The molecule has 178 valence electrons. The maximum absolute atomic E-state index is 13.7. The Bertz CT molecular complexity index is 1030. The fourth-order valence-electron chi connectivity index (χ4n) is 3.79. The molecule has 0 radical (unpaired) electrons. The Morgan fingerprint density at radius 1 is 1.03 bits per heavy atom. The molecular formula is C26H32FNO5. The number of Topliss-reactive ketones (excluding diaryl/α,β-unsaturated/α-hetero) is 1. The Labute approximate surface area is 193 Å². The van der Waals surface area contributed by atoms with E-state index in [9.17, 15) is 24.2 Å². The number of carbonyl (C=O) groups excluding carboxylic acids is 1. The number of hydrogen-bond donors (Lipinski definition) is 3. The van der Waals surface area contributed by atoms with E-state index in [1.54, 1.807) is 18.2 Å². The lowest BCUT2D eigenvalue weighted by Crippen LogP contribution is -2.19. The number of halogens is 1. The topological polar surface area (TPSA) is 108 Å². The molecule has 1 heterocycles. The number of nitrogens with zero attached hydrogens (tertiary/aromatic N) is 1. The molecule has 0 aliphatic carbocycles. The molecule has 0 bridgehead atoms. The van der Waals surface area contributed by atoms with E-state index in [1.165, 1.54) is 25.1 Å². The van der Waals surface area contributed by atoms with Gasteiger partial charge in [-0.05, 0) is 36.5 Å². The molecule has 7 heteroatoms. The summed E-state index contributed by atoms with van der Waals surface area (Å²) in [6, 6.07) is 5.87. The minimum Gasteiger partial charge on any atom is -0.481 e. The van der Waals surface area contributed by atoms with Crippen LogP contribution in [0.4, 0.5) is 4.39 Å². The zero-order valence-corrected chi connectivity index (χ0v) is 19.7. The van der Waals surface area contributed by atoms with E-state index in [1.807, 2.05) is 27.7 Å². The van der Waals surface area contributed by atoms with Gasteiger partial charge in [0.2, 0.25) is 0 Å². The number of carbonyl (C=O) groups is 2. The molecule has 0 aliphatic heterocycles. The van der Waals surface area contributed by atoms with E-state index in [0.717, 1.165) is 5.69 Å². The van der Waals surface area contributed by atoms with E-state index < -0.39 is 30.4 Å². The number of ketones is 1. The van der Waals surface area contributed by atoms with E-state index >= 15 is 0 Å². The monoisotopic (exact) mass is 457 g/mol. The highest BCUT2D eigenvalue weighted by Gasteiger charge is 2.25. The molecule has 33 heavy (non-hydrogen) atoms. The van der Waals surface area contributed by atoms with Crippen LogP contribution in [-0.4, -0.2) is 44.3 Å². The highest BCUT2D eigenvalue weighted by Crippen LogP contribution is 2.37. The van der Waals surface area contributed by atoms with Gasteiger partial charge in [-0.25, -0.2) is 4.39 Å². The summed E-state index contributed by atoms with van der Waals surface area (Å²) in [6.07, 6.45) is 0.184. The first-order chi connectivity index (χ1) is 15.4. The lowest BCUT2D eigenvalue weighted by atomic mass is 9.85. The van der Waals surface area contributed by atoms with Crippen LogP contribution in [0.5, 0.6) is 0 Å². The van der Waals surface area contributed by atoms with Gasteiger partial charge >= 0.3 is 5.97 Å². The summed E-state index contributed by atoms with van der Waals surface area (Å²) in [5.41, 5.74) is 3.70. The van der Waals surface area contributed by atoms with E-state index in [-0.39, 0.29) is 24.0 Å². The predicted octanol–water partition coefficient (Wildman–Crippen LogP) is 4.94. The summed E-state index contributed by atoms with van der Waals surface area (Å²) >= 11 is 0. The summed E-state index contributed by atoms with van der Waals surface area (Å²) in [7, 11) is 0. The van der Waals surface area contributed by atoms with Crippen molar-refractivity contribution in [3.8, 4) is 11.1 Å². The molecule has 1 aromatic heterocycles. The fourth-order valence-corrected chi connectivity index (χ4v) is 3.79. The molecule has 0 spiro atoms. The highest BCUT2D eigenvalue weighted by molar-refractivity contribution is 6.04. The van der Waals surface area contributed by atoms with Gasteiger partial charge in [0.15, 0.2) is 5.78 Å². The molecular weight excluding hydrogens is 425 g/mol. The normalized spacial score (nSPS) is 13.6. The van der Waals surface area contributed by atoms with Crippen LogP contribution in [0.2, 0.25) is 0 Å². The molecule has 2 unspecified atom stereocenters.